The van der Waals surface area contributed by atoms with Gasteiger partial charge in [-0.2, -0.15) is 13.2 Å². The lowest BCUT2D eigenvalue weighted by Crippen LogP contribution is -2.11. The lowest BCUT2D eigenvalue weighted by atomic mass is 10.1. The minimum atomic E-state index is -4.42. The molecule has 0 saturated heterocycles. The standard InChI is InChI=1S/C18H12F3N3O/c19-18(20,21)11-6-5-10-7-15(23-14(10)8-11)17(25)24-16-9-22-13-4-2-1-3-12(13)16/h1-9,22-23H,(H,24,25). The van der Waals surface area contributed by atoms with Crippen LogP contribution in [0.25, 0.3) is 21.8 Å². The number of H-pyrrole nitrogens is 2. The lowest BCUT2D eigenvalue weighted by Gasteiger charge is -2.05. The number of nitrogens with one attached hydrogen (secondary N) is 3. The summed E-state index contributed by atoms with van der Waals surface area (Å²) in [5.74, 6) is -0.422. The van der Waals surface area contributed by atoms with Crippen molar-refractivity contribution in [1.29, 1.82) is 0 Å². The van der Waals surface area contributed by atoms with E-state index >= 15 is 0 Å². The first kappa shape index (κ1) is 15.3. The highest BCUT2D eigenvalue weighted by Gasteiger charge is 2.30. The Hall–Kier alpha value is -3.22. The minimum absolute atomic E-state index is 0.194. The van der Waals surface area contributed by atoms with Gasteiger partial charge in [0.1, 0.15) is 5.69 Å². The van der Waals surface area contributed by atoms with Crippen LogP contribution in [-0.2, 0) is 6.18 Å². The van der Waals surface area contributed by atoms with E-state index in [0.717, 1.165) is 23.0 Å². The third kappa shape index (κ3) is 2.73. The molecular weight excluding hydrogens is 331 g/mol. The fraction of sp³-hybridized carbons (Fsp3) is 0.0556. The van der Waals surface area contributed by atoms with Crippen LogP contribution < -0.4 is 5.32 Å². The van der Waals surface area contributed by atoms with E-state index in [4.69, 9.17) is 0 Å². The first-order valence-electron chi connectivity index (χ1n) is 7.49. The highest BCUT2D eigenvalue weighted by atomic mass is 19.4. The summed E-state index contributed by atoms with van der Waals surface area (Å²) in [7, 11) is 0. The summed E-state index contributed by atoms with van der Waals surface area (Å²) >= 11 is 0. The Kier molecular flexibility index (Phi) is 3.31. The molecule has 2 aromatic carbocycles. The summed E-state index contributed by atoms with van der Waals surface area (Å²) in [6.07, 6.45) is -2.75. The zero-order chi connectivity index (χ0) is 17.6. The van der Waals surface area contributed by atoms with Gasteiger partial charge in [0.05, 0.1) is 11.3 Å². The topological polar surface area (TPSA) is 60.7 Å². The van der Waals surface area contributed by atoms with Gasteiger partial charge in [-0.3, -0.25) is 4.79 Å². The number of alkyl halides is 3. The maximum Gasteiger partial charge on any atom is 0.416 e. The van der Waals surface area contributed by atoms with Crippen LogP contribution in [0.4, 0.5) is 18.9 Å². The largest absolute Gasteiger partial charge is 0.416 e. The molecule has 4 aromatic rings. The molecule has 0 unspecified atom stereocenters. The maximum atomic E-state index is 12.8. The number of fused-ring (bicyclic) bond motifs is 2. The van der Waals surface area contributed by atoms with Crippen molar-refractivity contribution in [3.63, 3.8) is 0 Å². The molecule has 0 saturated carbocycles. The lowest BCUT2D eigenvalue weighted by molar-refractivity contribution is -0.137. The molecule has 0 aliphatic carbocycles. The van der Waals surface area contributed by atoms with Gasteiger partial charge < -0.3 is 15.3 Å². The van der Waals surface area contributed by atoms with E-state index < -0.39 is 17.6 Å². The number of carbonyl (C=O) groups excluding carboxylic acids is 1. The molecule has 2 aromatic heterocycles. The molecule has 0 spiro atoms. The Labute approximate surface area is 139 Å². The number of rotatable bonds is 2. The number of anilines is 1. The normalized spacial score (nSPS) is 12.0. The molecule has 0 atom stereocenters. The fourth-order valence-electron chi connectivity index (χ4n) is 2.79. The van der Waals surface area contributed by atoms with E-state index in [0.29, 0.717) is 11.1 Å². The summed E-state index contributed by atoms with van der Waals surface area (Å²) in [6.45, 7) is 0. The predicted octanol–water partition coefficient (Wildman–Crippen LogP) is 4.92. The summed E-state index contributed by atoms with van der Waals surface area (Å²) in [6, 6.07) is 12.3. The molecule has 0 aliphatic rings. The number of halogens is 3. The van der Waals surface area contributed by atoms with Crippen LogP contribution in [0.2, 0.25) is 0 Å². The Morgan fingerprint density at radius 2 is 1.80 bits per heavy atom. The predicted molar refractivity (Wildman–Crippen MR) is 89.6 cm³/mol. The van der Waals surface area contributed by atoms with Gasteiger partial charge >= 0.3 is 6.18 Å². The Balaban J connectivity index is 1.66. The van der Waals surface area contributed by atoms with Crippen molar-refractivity contribution < 1.29 is 18.0 Å². The van der Waals surface area contributed by atoms with Gasteiger partial charge in [-0.1, -0.05) is 24.3 Å². The van der Waals surface area contributed by atoms with Crippen LogP contribution in [0.15, 0.2) is 54.7 Å². The zero-order valence-corrected chi connectivity index (χ0v) is 12.7. The highest BCUT2D eigenvalue weighted by molar-refractivity contribution is 6.09. The van der Waals surface area contributed by atoms with E-state index in [-0.39, 0.29) is 11.2 Å². The Morgan fingerprint density at radius 1 is 1.00 bits per heavy atom. The van der Waals surface area contributed by atoms with Crippen molar-refractivity contribution >= 4 is 33.4 Å². The van der Waals surface area contributed by atoms with Crippen molar-refractivity contribution in [2.24, 2.45) is 0 Å². The number of aromatic nitrogens is 2. The maximum absolute atomic E-state index is 12.8. The van der Waals surface area contributed by atoms with Gasteiger partial charge in [0.25, 0.3) is 5.91 Å². The molecule has 1 amide bonds. The molecule has 0 fully saturated rings. The number of amides is 1. The number of hydrogen-bond donors (Lipinski definition) is 3. The quantitative estimate of drug-likeness (QED) is 0.475. The molecule has 2 heterocycles. The van der Waals surface area contributed by atoms with Gasteiger partial charge in [0.15, 0.2) is 0 Å². The van der Waals surface area contributed by atoms with E-state index in [9.17, 15) is 18.0 Å². The van der Waals surface area contributed by atoms with Gasteiger partial charge in [0, 0.05) is 28.0 Å². The number of benzene rings is 2. The van der Waals surface area contributed by atoms with Crippen molar-refractivity contribution in [3.05, 3.63) is 66.0 Å². The molecule has 4 nitrogen and oxygen atoms in total. The van der Waals surface area contributed by atoms with Crippen LogP contribution in [0.3, 0.4) is 0 Å². The van der Waals surface area contributed by atoms with Crippen molar-refractivity contribution in [2.75, 3.05) is 5.32 Å². The second-order valence-electron chi connectivity index (χ2n) is 5.68. The molecule has 4 rings (SSSR count). The van der Waals surface area contributed by atoms with E-state index in [2.05, 4.69) is 15.3 Å². The molecule has 7 heteroatoms. The van der Waals surface area contributed by atoms with Crippen LogP contribution in [0.1, 0.15) is 16.1 Å². The van der Waals surface area contributed by atoms with Crippen molar-refractivity contribution in [3.8, 4) is 0 Å². The molecular formula is C18H12F3N3O. The van der Waals surface area contributed by atoms with Crippen LogP contribution in [0, 0.1) is 0 Å². The molecule has 0 bridgehead atoms. The van der Waals surface area contributed by atoms with Crippen molar-refractivity contribution in [1.82, 2.24) is 9.97 Å². The van der Waals surface area contributed by atoms with Gasteiger partial charge in [0.2, 0.25) is 0 Å². The molecule has 126 valence electrons. The monoisotopic (exact) mass is 343 g/mol. The number of aromatic amines is 2. The van der Waals surface area contributed by atoms with E-state index in [1.807, 2.05) is 24.3 Å². The third-order valence-electron chi connectivity index (χ3n) is 4.03. The molecule has 0 radical (unpaired) electrons. The third-order valence-corrected chi connectivity index (χ3v) is 4.03. The van der Waals surface area contributed by atoms with Gasteiger partial charge in [-0.15, -0.1) is 0 Å². The van der Waals surface area contributed by atoms with E-state index in [1.54, 1.807) is 6.20 Å². The average molecular weight is 343 g/mol. The second kappa shape index (κ2) is 5.41. The molecule has 3 N–H and O–H groups in total. The minimum Gasteiger partial charge on any atom is -0.359 e. The molecule has 25 heavy (non-hydrogen) atoms. The zero-order valence-electron chi connectivity index (χ0n) is 12.7. The SMILES string of the molecule is O=C(Nc1c[nH]c2ccccc12)c1cc2ccc(C(F)(F)F)cc2[nH]1. The smallest absolute Gasteiger partial charge is 0.359 e. The number of para-hydroxylation sites is 1. The highest BCUT2D eigenvalue weighted by Crippen LogP contribution is 2.31. The van der Waals surface area contributed by atoms with Gasteiger partial charge in [-0.25, -0.2) is 0 Å². The van der Waals surface area contributed by atoms with Gasteiger partial charge in [-0.05, 0) is 24.3 Å². The Bertz CT molecular complexity index is 1090. The summed E-state index contributed by atoms with van der Waals surface area (Å²) in [5, 5.41) is 4.16. The van der Waals surface area contributed by atoms with Crippen LogP contribution in [0.5, 0.6) is 0 Å². The van der Waals surface area contributed by atoms with Crippen molar-refractivity contribution in [2.45, 2.75) is 6.18 Å². The second-order valence-corrected chi connectivity index (χ2v) is 5.68. The number of carbonyl (C=O) groups is 1. The van der Waals surface area contributed by atoms with Crippen LogP contribution in [-0.4, -0.2) is 15.9 Å². The number of hydrogen-bond acceptors (Lipinski definition) is 1. The average Bonchev–Trinajstić information content (AvgIpc) is 3.17. The summed E-state index contributed by atoms with van der Waals surface area (Å²) in [4.78, 5) is 18.2. The first-order valence-corrected chi connectivity index (χ1v) is 7.49. The van der Waals surface area contributed by atoms with E-state index in [1.165, 1.54) is 12.1 Å². The summed E-state index contributed by atoms with van der Waals surface area (Å²) < 4.78 is 38.4. The first-order chi connectivity index (χ1) is 11.9. The summed E-state index contributed by atoms with van der Waals surface area (Å²) in [5.41, 5.74) is 1.18. The van der Waals surface area contributed by atoms with Crippen LogP contribution >= 0.6 is 0 Å². The molecule has 0 aliphatic heterocycles. The fourth-order valence-corrected chi connectivity index (χ4v) is 2.79. The Morgan fingerprint density at radius 3 is 2.60 bits per heavy atom.